The average Bonchev–Trinajstić information content (AvgIpc) is 2.88. The molecule has 0 amide bonds. The molecule has 78 valence electrons. The van der Waals surface area contributed by atoms with Gasteiger partial charge in [-0.1, -0.05) is 12.8 Å². The lowest BCUT2D eigenvalue weighted by Crippen LogP contribution is -2.48. The number of likely N-dealkylation sites (tertiary alicyclic amines) is 1. The van der Waals surface area contributed by atoms with Crippen molar-refractivity contribution >= 4 is 0 Å². The van der Waals surface area contributed by atoms with Gasteiger partial charge in [-0.25, -0.2) is 0 Å². The minimum Gasteiger partial charge on any atom is -0.286 e. The molecule has 0 bridgehead atoms. The maximum absolute atomic E-state index is 9.41. The van der Waals surface area contributed by atoms with Crippen LogP contribution in [0, 0.1) is 17.2 Å². The Morgan fingerprint density at radius 3 is 2.21 bits per heavy atom. The molecule has 0 radical (unpaired) electrons. The average molecular weight is 192 g/mol. The summed E-state index contributed by atoms with van der Waals surface area (Å²) < 4.78 is 0. The van der Waals surface area contributed by atoms with Crippen LogP contribution in [0.1, 0.15) is 45.4 Å². The molecule has 1 saturated heterocycles. The molecule has 0 aromatic heterocycles. The number of nitriles is 1. The van der Waals surface area contributed by atoms with E-state index in [4.69, 9.17) is 0 Å². The predicted octanol–water partition coefficient (Wildman–Crippen LogP) is 2.55. The molecule has 1 aliphatic heterocycles. The molecule has 2 heteroatoms. The van der Waals surface area contributed by atoms with Gasteiger partial charge in [-0.3, -0.25) is 4.90 Å². The lowest BCUT2D eigenvalue weighted by atomic mass is 9.84. The van der Waals surface area contributed by atoms with Gasteiger partial charge in [0.2, 0.25) is 0 Å². The Bertz CT molecular complexity index is 213. The number of hydrogen-bond donors (Lipinski definition) is 0. The molecular formula is C12H20N2. The maximum Gasteiger partial charge on any atom is 0.109 e. The van der Waals surface area contributed by atoms with E-state index in [-0.39, 0.29) is 5.54 Å². The van der Waals surface area contributed by atoms with E-state index in [0.717, 1.165) is 13.1 Å². The van der Waals surface area contributed by atoms with E-state index in [1.807, 2.05) is 0 Å². The largest absolute Gasteiger partial charge is 0.286 e. The van der Waals surface area contributed by atoms with Crippen molar-refractivity contribution in [2.75, 3.05) is 13.1 Å². The van der Waals surface area contributed by atoms with Crippen molar-refractivity contribution in [1.29, 1.82) is 5.26 Å². The van der Waals surface area contributed by atoms with Crippen LogP contribution in [0.2, 0.25) is 0 Å². The van der Waals surface area contributed by atoms with Crippen molar-refractivity contribution in [2.24, 2.45) is 5.92 Å². The minimum atomic E-state index is -0.160. The second-order valence-corrected chi connectivity index (χ2v) is 4.93. The quantitative estimate of drug-likeness (QED) is 0.672. The highest BCUT2D eigenvalue weighted by molar-refractivity contribution is 5.11. The predicted molar refractivity (Wildman–Crippen MR) is 56.8 cm³/mol. The van der Waals surface area contributed by atoms with Gasteiger partial charge in [0.15, 0.2) is 0 Å². The van der Waals surface area contributed by atoms with Crippen molar-refractivity contribution < 1.29 is 0 Å². The second kappa shape index (κ2) is 3.90. The molecule has 1 aliphatic carbocycles. The van der Waals surface area contributed by atoms with E-state index < -0.39 is 0 Å². The Morgan fingerprint density at radius 1 is 1.14 bits per heavy atom. The van der Waals surface area contributed by atoms with Crippen molar-refractivity contribution in [2.45, 2.75) is 51.0 Å². The first-order valence-electron chi connectivity index (χ1n) is 5.93. The summed E-state index contributed by atoms with van der Waals surface area (Å²) >= 11 is 0. The summed E-state index contributed by atoms with van der Waals surface area (Å²) in [4.78, 5) is 2.42. The van der Waals surface area contributed by atoms with E-state index in [1.165, 1.54) is 38.5 Å². The summed E-state index contributed by atoms with van der Waals surface area (Å²) in [6.07, 6.45) is 7.75. The fraction of sp³-hybridized carbons (Fsp3) is 0.917. The summed E-state index contributed by atoms with van der Waals surface area (Å²) in [5, 5.41) is 9.41. The third kappa shape index (κ3) is 1.54. The summed E-state index contributed by atoms with van der Waals surface area (Å²) in [5.41, 5.74) is -0.160. The monoisotopic (exact) mass is 192 g/mol. The Balaban J connectivity index is 2.11. The highest BCUT2D eigenvalue weighted by Crippen LogP contribution is 2.38. The molecule has 1 atom stereocenters. The van der Waals surface area contributed by atoms with E-state index >= 15 is 0 Å². The Labute approximate surface area is 86.9 Å². The van der Waals surface area contributed by atoms with Crippen molar-refractivity contribution in [1.82, 2.24) is 4.90 Å². The topological polar surface area (TPSA) is 27.0 Å². The normalized spacial score (nSPS) is 28.9. The van der Waals surface area contributed by atoms with Crippen LogP contribution in [-0.4, -0.2) is 23.5 Å². The molecule has 2 rings (SSSR count). The van der Waals surface area contributed by atoms with Crippen LogP contribution < -0.4 is 0 Å². The molecular weight excluding hydrogens is 172 g/mol. The van der Waals surface area contributed by atoms with E-state index in [9.17, 15) is 5.26 Å². The number of hydrogen-bond acceptors (Lipinski definition) is 2. The van der Waals surface area contributed by atoms with Gasteiger partial charge in [0.25, 0.3) is 0 Å². The number of rotatable bonds is 2. The molecule has 1 saturated carbocycles. The molecule has 2 fully saturated rings. The summed E-state index contributed by atoms with van der Waals surface area (Å²) in [5.74, 6) is 0.630. The zero-order chi connectivity index (χ0) is 10.0. The molecule has 0 spiro atoms. The Kier molecular flexibility index (Phi) is 2.78. The highest BCUT2D eigenvalue weighted by atomic mass is 15.2. The van der Waals surface area contributed by atoms with E-state index in [1.54, 1.807) is 0 Å². The van der Waals surface area contributed by atoms with Gasteiger partial charge in [0.05, 0.1) is 6.07 Å². The highest BCUT2D eigenvalue weighted by Gasteiger charge is 2.41. The summed E-state index contributed by atoms with van der Waals surface area (Å²) in [6, 6.07) is 2.59. The molecule has 1 unspecified atom stereocenters. The fourth-order valence-electron chi connectivity index (χ4n) is 3.09. The zero-order valence-electron chi connectivity index (χ0n) is 9.13. The Morgan fingerprint density at radius 2 is 1.71 bits per heavy atom. The lowest BCUT2D eigenvalue weighted by Gasteiger charge is -2.37. The smallest absolute Gasteiger partial charge is 0.109 e. The molecule has 0 N–H and O–H groups in total. The van der Waals surface area contributed by atoms with Crippen molar-refractivity contribution in [3.8, 4) is 6.07 Å². The van der Waals surface area contributed by atoms with Crippen LogP contribution in [0.25, 0.3) is 0 Å². The maximum atomic E-state index is 9.41. The fourth-order valence-corrected chi connectivity index (χ4v) is 3.09. The van der Waals surface area contributed by atoms with Crippen molar-refractivity contribution in [3.05, 3.63) is 0 Å². The summed E-state index contributed by atoms with van der Waals surface area (Å²) in [7, 11) is 0. The van der Waals surface area contributed by atoms with Gasteiger partial charge in [-0.05, 0) is 51.6 Å². The molecule has 2 nitrogen and oxygen atoms in total. The van der Waals surface area contributed by atoms with Crippen LogP contribution in [0.3, 0.4) is 0 Å². The van der Waals surface area contributed by atoms with Gasteiger partial charge in [-0.2, -0.15) is 5.26 Å². The third-order valence-corrected chi connectivity index (χ3v) is 4.14. The molecule has 0 aromatic rings. The molecule has 2 aliphatic rings. The van der Waals surface area contributed by atoms with Crippen LogP contribution in [-0.2, 0) is 0 Å². The second-order valence-electron chi connectivity index (χ2n) is 4.93. The first-order valence-corrected chi connectivity index (χ1v) is 5.93. The molecule has 0 aromatic carbocycles. The van der Waals surface area contributed by atoms with Crippen LogP contribution in [0.15, 0.2) is 0 Å². The SMILES string of the molecule is CC(C#N)(C1CCCC1)N1CCCC1. The minimum absolute atomic E-state index is 0.160. The first kappa shape index (κ1) is 9.98. The van der Waals surface area contributed by atoms with Gasteiger partial charge < -0.3 is 0 Å². The molecule has 1 heterocycles. The van der Waals surface area contributed by atoms with Crippen LogP contribution in [0.5, 0.6) is 0 Å². The lowest BCUT2D eigenvalue weighted by molar-refractivity contribution is 0.125. The number of nitrogens with zero attached hydrogens (tertiary/aromatic N) is 2. The van der Waals surface area contributed by atoms with Gasteiger partial charge in [-0.15, -0.1) is 0 Å². The van der Waals surface area contributed by atoms with Gasteiger partial charge in [0.1, 0.15) is 5.54 Å². The van der Waals surface area contributed by atoms with Gasteiger partial charge in [0, 0.05) is 0 Å². The zero-order valence-corrected chi connectivity index (χ0v) is 9.13. The van der Waals surface area contributed by atoms with E-state index in [2.05, 4.69) is 17.9 Å². The first-order chi connectivity index (χ1) is 6.77. The summed E-state index contributed by atoms with van der Waals surface area (Å²) in [6.45, 7) is 4.44. The van der Waals surface area contributed by atoms with Crippen LogP contribution in [0.4, 0.5) is 0 Å². The van der Waals surface area contributed by atoms with E-state index in [0.29, 0.717) is 5.92 Å². The third-order valence-electron chi connectivity index (χ3n) is 4.14. The molecule has 14 heavy (non-hydrogen) atoms. The Hall–Kier alpha value is -0.550. The van der Waals surface area contributed by atoms with Gasteiger partial charge >= 0.3 is 0 Å². The standard InChI is InChI=1S/C12H20N2/c1-12(10-13,11-6-2-3-7-11)14-8-4-5-9-14/h11H,2-9H2,1H3. The van der Waals surface area contributed by atoms with Crippen LogP contribution >= 0.6 is 0 Å². The van der Waals surface area contributed by atoms with Crippen molar-refractivity contribution in [3.63, 3.8) is 0 Å².